The predicted molar refractivity (Wildman–Crippen MR) is 81.2 cm³/mol. The van der Waals surface area contributed by atoms with Crippen LogP contribution in [0.4, 0.5) is 4.39 Å². The van der Waals surface area contributed by atoms with Crippen molar-refractivity contribution in [1.82, 2.24) is 4.90 Å². The average molecular weight is 294 g/mol. The van der Waals surface area contributed by atoms with E-state index < -0.39 is 0 Å². The van der Waals surface area contributed by atoms with Crippen LogP contribution in [-0.2, 0) is 0 Å². The van der Waals surface area contributed by atoms with Gasteiger partial charge in [0.25, 0.3) is 5.91 Å². The Morgan fingerprint density at radius 1 is 1.45 bits per heavy atom. The van der Waals surface area contributed by atoms with Crippen molar-refractivity contribution >= 4 is 23.1 Å². The van der Waals surface area contributed by atoms with E-state index in [-0.39, 0.29) is 24.3 Å². The average Bonchev–Trinajstić information content (AvgIpc) is 2.88. The molecule has 0 aliphatic heterocycles. The van der Waals surface area contributed by atoms with Crippen LogP contribution in [0, 0.1) is 12.7 Å². The third-order valence-electron chi connectivity index (χ3n) is 3.77. The number of hydrogen-bond acceptors (Lipinski definition) is 2. The largest absolute Gasteiger partial charge is 0.392 e. The van der Waals surface area contributed by atoms with Gasteiger partial charge in [-0.1, -0.05) is 25.1 Å². The zero-order valence-electron chi connectivity index (χ0n) is 11.6. The topological polar surface area (TPSA) is 46.3 Å². The second kappa shape index (κ2) is 6.31. The lowest BCUT2D eigenvalue weighted by atomic mass is 10.1. The number of hydrogen-bond donors (Lipinski definition) is 1. The standard InChI is InChI=1S/C15H19FN2OS/c1-10-8-11(16)6-7-13(10)15(19)18(9-14(17)20)12-4-2-3-5-12/h6-8,12H,2-5,9H2,1H3,(H2,17,20). The minimum Gasteiger partial charge on any atom is -0.392 e. The number of aryl methyl sites for hydroxylation is 1. The Morgan fingerprint density at radius 2 is 2.10 bits per heavy atom. The second-order valence-corrected chi connectivity index (χ2v) is 5.82. The van der Waals surface area contributed by atoms with E-state index in [0.717, 1.165) is 25.7 Å². The molecule has 0 radical (unpaired) electrons. The maximum Gasteiger partial charge on any atom is 0.254 e. The van der Waals surface area contributed by atoms with Crippen molar-refractivity contribution in [2.24, 2.45) is 5.73 Å². The molecule has 5 heteroatoms. The van der Waals surface area contributed by atoms with Gasteiger partial charge >= 0.3 is 0 Å². The first-order valence-electron chi connectivity index (χ1n) is 6.84. The fourth-order valence-electron chi connectivity index (χ4n) is 2.77. The van der Waals surface area contributed by atoms with Crippen LogP contribution in [0.5, 0.6) is 0 Å². The van der Waals surface area contributed by atoms with Gasteiger partial charge in [0.1, 0.15) is 5.82 Å². The number of nitrogens with zero attached hydrogens (tertiary/aromatic N) is 1. The lowest BCUT2D eigenvalue weighted by Crippen LogP contribution is -2.43. The molecular weight excluding hydrogens is 275 g/mol. The van der Waals surface area contributed by atoms with E-state index in [0.29, 0.717) is 16.1 Å². The van der Waals surface area contributed by atoms with Gasteiger partial charge in [-0.3, -0.25) is 4.79 Å². The lowest BCUT2D eigenvalue weighted by Gasteiger charge is -2.29. The van der Waals surface area contributed by atoms with Gasteiger partial charge in [0, 0.05) is 11.6 Å². The third-order valence-corrected chi connectivity index (χ3v) is 3.90. The van der Waals surface area contributed by atoms with Gasteiger partial charge in [0.05, 0.1) is 11.5 Å². The molecule has 0 saturated heterocycles. The van der Waals surface area contributed by atoms with E-state index in [1.54, 1.807) is 11.8 Å². The van der Waals surface area contributed by atoms with E-state index in [1.807, 2.05) is 0 Å². The number of halogens is 1. The summed E-state index contributed by atoms with van der Waals surface area (Å²) in [5.41, 5.74) is 6.78. The van der Waals surface area contributed by atoms with Crippen molar-refractivity contribution in [3.8, 4) is 0 Å². The van der Waals surface area contributed by atoms with Crippen molar-refractivity contribution < 1.29 is 9.18 Å². The Labute approximate surface area is 123 Å². The highest BCUT2D eigenvalue weighted by molar-refractivity contribution is 7.80. The Hall–Kier alpha value is -1.49. The highest BCUT2D eigenvalue weighted by Gasteiger charge is 2.28. The van der Waals surface area contributed by atoms with Crippen LogP contribution in [0.25, 0.3) is 0 Å². The van der Waals surface area contributed by atoms with Crippen LogP contribution in [-0.4, -0.2) is 28.4 Å². The van der Waals surface area contributed by atoms with Crippen LogP contribution >= 0.6 is 12.2 Å². The van der Waals surface area contributed by atoms with E-state index in [2.05, 4.69) is 0 Å². The monoisotopic (exact) mass is 294 g/mol. The SMILES string of the molecule is Cc1cc(F)ccc1C(=O)N(CC(N)=S)C1CCCC1. The number of carbonyl (C=O) groups is 1. The normalized spacial score (nSPS) is 15.3. The van der Waals surface area contributed by atoms with Crippen molar-refractivity contribution in [1.29, 1.82) is 0 Å². The van der Waals surface area contributed by atoms with Crippen LogP contribution in [0.1, 0.15) is 41.6 Å². The zero-order valence-corrected chi connectivity index (χ0v) is 12.4. The van der Waals surface area contributed by atoms with Crippen LogP contribution in [0.3, 0.4) is 0 Å². The molecule has 1 amide bonds. The molecular formula is C15H19FN2OS. The number of thiocarbonyl (C=S) groups is 1. The highest BCUT2D eigenvalue weighted by atomic mass is 32.1. The Bertz CT molecular complexity index is 527. The van der Waals surface area contributed by atoms with Crippen LogP contribution in [0.15, 0.2) is 18.2 Å². The summed E-state index contributed by atoms with van der Waals surface area (Å²) in [7, 11) is 0. The molecule has 0 bridgehead atoms. The fraction of sp³-hybridized carbons (Fsp3) is 0.467. The van der Waals surface area contributed by atoms with Gasteiger partial charge in [-0.05, 0) is 43.5 Å². The van der Waals surface area contributed by atoms with Crippen molar-refractivity contribution in [3.63, 3.8) is 0 Å². The van der Waals surface area contributed by atoms with E-state index in [4.69, 9.17) is 18.0 Å². The molecule has 0 aromatic heterocycles. The van der Waals surface area contributed by atoms with Gasteiger partial charge < -0.3 is 10.6 Å². The van der Waals surface area contributed by atoms with E-state index in [9.17, 15) is 9.18 Å². The van der Waals surface area contributed by atoms with Crippen molar-refractivity contribution in [3.05, 3.63) is 35.1 Å². The zero-order chi connectivity index (χ0) is 14.7. The van der Waals surface area contributed by atoms with Gasteiger partial charge in [-0.25, -0.2) is 4.39 Å². The van der Waals surface area contributed by atoms with E-state index >= 15 is 0 Å². The third kappa shape index (κ3) is 3.33. The first kappa shape index (κ1) is 14.9. The molecule has 0 unspecified atom stereocenters. The number of nitrogens with two attached hydrogens (primary N) is 1. The molecule has 0 heterocycles. The molecule has 3 nitrogen and oxygen atoms in total. The van der Waals surface area contributed by atoms with Crippen LogP contribution < -0.4 is 5.73 Å². The number of rotatable bonds is 4. The minimum absolute atomic E-state index is 0.109. The highest BCUT2D eigenvalue weighted by Crippen LogP contribution is 2.25. The van der Waals surface area contributed by atoms with E-state index in [1.165, 1.54) is 18.2 Å². The van der Waals surface area contributed by atoms with Crippen molar-refractivity contribution in [2.75, 3.05) is 6.54 Å². The molecule has 0 atom stereocenters. The smallest absolute Gasteiger partial charge is 0.254 e. The predicted octanol–water partition coefficient (Wildman–Crippen LogP) is 2.81. The summed E-state index contributed by atoms with van der Waals surface area (Å²) in [6.07, 6.45) is 4.20. The second-order valence-electron chi connectivity index (χ2n) is 5.30. The molecule has 0 spiro atoms. The molecule has 2 N–H and O–H groups in total. The molecule has 1 aliphatic carbocycles. The van der Waals surface area contributed by atoms with Crippen LogP contribution in [0.2, 0.25) is 0 Å². The Balaban J connectivity index is 2.27. The van der Waals surface area contributed by atoms with Gasteiger partial charge in [-0.2, -0.15) is 0 Å². The Morgan fingerprint density at radius 3 is 2.65 bits per heavy atom. The fourth-order valence-corrected chi connectivity index (χ4v) is 2.91. The molecule has 1 saturated carbocycles. The molecule has 1 aromatic rings. The quantitative estimate of drug-likeness (QED) is 0.869. The Kier molecular flexibility index (Phi) is 4.70. The molecule has 20 heavy (non-hydrogen) atoms. The van der Waals surface area contributed by atoms with Gasteiger partial charge in [0.15, 0.2) is 0 Å². The molecule has 1 fully saturated rings. The number of amides is 1. The molecule has 1 aliphatic rings. The summed E-state index contributed by atoms with van der Waals surface area (Å²) < 4.78 is 13.2. The summed E-state index contributed by atoms with van der Waals surface area (Å²) in [4.78, 5) is 14.7. The molecule has 2 rings (SSSR count). The molecule has 108 valence electrons. The maximum atomic E-state index is 13.2. The van der Waals surface area contributed by atoms with Crippen molar-refractivity contribution in [2.45, 2.75) is 38.6 Å². The van der Waals surface area contributed by atoms with Gasteiger partial charge in [-0.15, -0.1) is 0 Å². The summed E-state index contributed by atoms with van der Waals surface area (Å²) >= 11 is 4.95. The van der Waals surface area contributed by atoms with Gasteiger partial charge in [0.2, 0.25) is 0 Å². The first-order valence-corrected chi connectivity index (χ1v) is 7.25. The molecule has 1 aromatic carbocycles. The maximum absolute atomic E-state index is 13.2. The summed E-state index contributed by atoms with van der Waals surface area (Å²) in [6.45, 7) is 2.03. The minimum atomic E-state index is -0.333. The number of benzene rings is 1. The number of carbonyl (C=O) groups excluding carboxylic acids is 1. The first-order chi connectivity index (χ1) is 9.49. The lowest BCUT2D eigenvalue weighted by molar-refractivity contribution is 0.0714. The summed E-state index contributed by atoms with van der Waals surface area (Å²) in [6, 6.07) is 4.41. The summed E-state index contributed by atoms with van der Waals surface area (Å²) in [5, 5.41) is 0. The summed E-state index contributed by atoms with van der Waals surface area (Å²) in [5.74, 6) is -0.442.